The standard InChI is InChI=1S/C10H13NO4/c1-10(2,6-3-7-11)15-9(14)5-4-8(12)13/h4-5H,3,6H2,1-2H3,(H,12,13). The average molecular weight is 211 g/mol. The van der Waals surface area contributed by atoms with E-state index in [1.165, 1.54) is 0 Å². The number of nitriles is 1. The molecule has 1 N–H and O–H groups in total. The lowest BCUT2D eigenvalue weighted by molar-refractivity contribution is -0.151. The Morgan fingerprint density at radius 2 is 2.07 bits per heavy atom. The molecule has 0 bridgehead atoms. The molecule has 0 aliphatic carbocycles. The van der Waals surface area contributed by atoms with Crippen LogP contribution in [-0.4, -0.2) is 22.6 Å². The molecule has 5 heteroatoms. The molecule has 0 atom stereocenters. The summed E-state index contributed by atoms with van der Waals surface area (Å²) in [5.41, 5.74) is -0.754. The molecule has 0 saturated heterocycles. The molecule has 0 aromatic carbocycles. The Labute approximate surface area is 88.0 Å². The summed E-state index contributed by atoms with van der Waals surface area (Å²) in [7, 11) is 0. The van der Waals surface area contributed by atoms with E-state index in [-0.39, 0.29) is 6.42 Å². The third-order valence-corrected chi connectivity index (χ3v) is 1.58. The fourth-order valence-electron chi connectivity index (χ4n) is 0.854. The first-order valence-corrected chi connectivity index (χ1v) is 4.38. The molecule has 0 radical (unpaired) electrons. The van der Waals surface area contributed by atoms with E-state index in [0.717, 1.165) is 6.08 Å². The predicted molar refractivity (Wildman–Crippen MR) is 51.8 cm³/mol. The van der Waals surface area contributed by atoms with Gasteiger partial charge in [0.2, 0.25) is 0 Å². The lowest BCUT2D eigenvalue weighted by Crippen LogP contribution is -2.27. The van der Waals surface area contributed by atoms with Crippen molar-refractivity contribution in [2.75, 3.05) is 0 Å². The van der Waals surface area contributed by atoms with Crippen LogP contribution in [0.2, 0.25) is 0 Å². The molecule has 0 saturated carbocycles. The van der Waals surface area contributed by atoms with E-state index in [4.69, 9.17) is 15.1 Å². The quantitative estimate of drug-likeness (QED) is 0.546. The van der Waals surface area contributed by atoms with E-state index < -0.39 is 17.5 Å². The average Bonchev–Trinajstić information content (AvgIpc) is 2.11. The van der Waals surface area contributed by atoms with Crippen molar-refractivity contribution in [1.29, 1.82) is 5.26 Å². The van der Waals surface area contributed by atoms with Crippen LogP contribution in [0.5, 0.6) is 0 Å². The number of carbonyl (C=O) groups is 2. The fraction of sp³-hybridized carbons (Fsp3) is 0.500. The van der Waals surface area contributed by atoms with Crippen LogP contribution < -0.4 is 0 Å². The van der Waals surface area contributed by atoms with Gasteiger partial charge >= 0.3 is 11.9 Å². The zero-order valence-electron chi connectivity index (χ0n) is 8.69. The third-order valence-electron chi connectivity index (χ3n) is 1.58. The largest absolute Gasteiger partial charge is 0.478 e. The first-order valence-electron chi connectivity index (χ1n) is 4.38. The molecule has 0 aromatic rings. The number of hydrogen-bond acceptors (Lipinski definition) is 4. The van der Waals surface area contributed by atoms with E-state index in [9.17, 15) is 9.59 Å². The Hall–Kier alpha value is -1.83. The van der Waals surface area contributed by atoms with Crippen LogP contribution in [0, 0.1) is 11.3 Å². The van der Waals surface area contributed by atoms with Gasteiger partial charge in [-0.1, -0.05) is 0 Å². The molecular weight excluding hydrogens is 198 g/mol. The number of carbonyl (C=O) groups excluding carboxylic acids is 1. The summed E-state index contributed by atoms with van der Waals surface area (Å²) in [4.78, 5) is 21.2. The molecule has 0 heterocycles. The molecule has 15 heavy (non-hydrogen) atoms. The highest BCUT2D eigenvalue weighted by atomic mass is 16.6. The Morgan fingerprint density at radius 3 is 2.53 bits per heavy atom. The lowest BCUT2D eigenvalue weighted by Gasteiger charge is -2.22. The van der Waals surface area contributed by atoms with Crippen molar-refractivity contribution >= 4 is 11.9 Å². The van der Waals surface area contributed by atoms with Crippen molar-refractivity contribution in [1.82, 2.24) is 0 Å². The minimum Gasteiger partial charge on any atom is -0.478 e. The maximum atomic E-state index is 11.1. The van der Waals surface area contributed by atoms with Crippen molar-refractivity contribution in [2.45, 2.75) is 32.3 Å². The van der Waals surface area contributed by atoms with Gasteiger partial charge in [-0.2, -0.15) is 5.26 Å². The molecular formula is C10H13NO4. The van der Waals surface area contributed by atoms with Crippen LogP contribution in [-0.2, 0) is 14.3 Å². The Morgan fingerprint density at radius 1 is 1.47 bits per heavy atom. The van der Waals surface area contributed by atoms with Gasteiger partial charge < -0.3 is 9.84 Å². The molecule has 0 fully saturated rings. The minimum atomic E-state index is -1.21. The predicted octanol–water partition coefficient (Wildman–Crippen LogP) is 1.25. The van der Waals surface area contributed by atoms with Crippen LogP contribution in [0.3, 0.4) is 0 Å². The number of nitrogens with zero attached hydrogens (tertiary/aromatic N) is 1. The zero-order valence-corrected chi connectivity index (χ0v) is 8.69. The number of ether oxygens (including phenoxy) is 1. The second-order valence-electron chi connectivity index (χ2n) is 3.51. The van der Waals surface area contributed by atoms with Crippen molar-refractivity contribution < 1.29 is 19.4 Å². The molecule has 0 aromatic heterocycles. The van der Waals surface area contributed by atoms with E-state index >= 15 is 0 Å². The van der Waals surface area contributed by atoms with Crippen LogP contribution in [0.25, 0.3) is 0 Å². The fourth-order valence-corrected chi connectivity index (χ4v) is 0.854. The number of rotatable bonds is 5. The van der Waals surface area contributed by atoms with Gasteiger partial charge in [-0.25, -0.2) is 9.59 Å². The van der Waals surface area contributed by atoms with Crippen LogP contribution >= 0.6 is 0 Å². The maximum Gasteiger partial charge on any atom is 0.331 e. The van der Waals surface area contributed by atoms with E-state index in [2.05, 4.69) is 0 Å². The zero-order chi connectivity index (χ0) is 11.9. The summed E-state index contributed by atoms with van der Waals surface area (Å²) in [5.74, 6) is -1.93. The normalized spacial score (nSPS) is 11.0. The Bertz CT molecular complexity index is 312. The van der Waals surface area contributed by atoms with E-state index in [1.807, 2.05) is 6.07 Å². The van der Waals surface area contributed by atoms with Gasteiger partial charge in [-0.05, 0) is 20.3 Å². The molecule has 0 aliphatic heterocycles. The summed E-state index contributed by atoms with van der Waals surface area (Å²) in [6.45, 7) is 3.33. The summed E-state index contributed by atoms with van der Waals surface area (Å²) >= 11 is 0. The molecule has 82 valence electrons. The van der Waals surface area contributed by atoms with E-state index in [1.54, 1.807) is 13.8 Å². The first kappa shape index (κ1) is 13.2. The highest BCUT2D eigenvalue weighted by Crippen LogP contribution is 2.16. The first-order chi connectivity index (χ1) is 6.87. The number of esters is 1. The monoisotopic (exact) mass is 211 g/mol. The number of carboxylic acids is 1. The summed E-state index contributed by atoms with van der Waals surface area (Å²) in [6.07, 6.45) is 2.25. The van der Waals surface area contributed by atoms with Gasteiger partial charge in [0.25, 0.3) is 0 Å². The van der Waals surface area contributed by atoms with Gasteiger partial charge in [-0.15, -0.1) is 0 Å². The molecule has 5 nitrogen and oxygen atoms in total. The van der Waals surface area contributed by atoms with Crippen LogP contribution in [0.1, 0.15) is 26.7 Å². The molecule has 0 amide bonds. The van der Waals surface area contributed by atoms with Crippen molar-refractivity contribution in [3.63, 3.8) is 0 Å². The van der Waals surface area contributed by atoms with Gasteiger partial charge in [0.15, 0.2) is 0 Å². The second-order valence-corrected chi connectivity index (χ2v) is 3.51. The summed E-state index contributed by atoms with van der Waals surface area (Å²) in [5, 5.41) is 16.6. The molecule has 0 unspecified atom stereocenters. The Balaban J connectivity index is 4.16. The van der Waals surface area contributed by atoms with Crippen LogP contribution in [0.15, 0.2) is 12.2 Å². The van der Waals surface area contributed by atoms with Crippen molar-refractivity contribution in [2.24, 2.45) is 0 Å². The van der Waals surface area contributed by atoms with Gasteiger partial charge in [0.1, 0.15) is 5.60 Å². The van der Waals surface area contributed by atoms with Gasteiger partial charge in [0, 0.05) is 18.6 Å². The smallest absolute Gasteiger partial charge is 0.331 e. The van der Waals surface area contributed by atoms with Crippen molar-refractivity contribution in [3.05, 3.63) is 12.2 Å². The van der Waals surface area contributed by atoms with Crippen LogP contribution in [0.4, 0.5) is 0 Å². The SMILES string of the molecule is CC(C)(CCC#N)OC(=O)C=CC(=O)O. The molecule has 0 rings (SSSR count). The lowest BCUT2D eigenvalue weighted by atomic mass is 10.0. The molecule has 0 spiro atoms. The highest BCUT2D eigenvalue weighted by molar-refractivity contribution is 5.90. The summed E-state index contributed by atoms with van der Waals surface area (Å²) < 4.78 is 4.95. The van der Waals surface area contributed by atoms with Gasteiger partial charge in [-0.3, -0.25) is 0 Å². The number of aliphatic carboxylic acids is 1. The topological polar surface area (TPSA) is 87.4 Å². The Kier molecular flexibility index (Phi) is 5.10. The van der Waals surface area contributed by atoms with Gasteiger partial charge in [0.05, 0.1) is 6.07 Å². The summed E-state index contributed by atoms with van der Waals surface area (Å²) in [6, 6.07) is 1.94. The maximum absolute atomic E-state index is 11.1. The minimum absolute atomic E-state index is 0.281. The molecule has 0 aliphatic rings. The second kappa shape index (κ2) is 5.81. The van der Waals surface area contributed by atoms with E-state index in [0.29, 0.717) is 12.5 Å². The number of hydrogen-bond donors (Lipinski definition) is 1. The van der Waals surface area contributed by atoms with Crippen molar-refractivity contribution in [3.8, 4) is 6.07 Å². The number of carboxylic acid groups (broad SMARTS) is 1. The third kappa shape index (κ3) is 7.26. The highest BCUT2D eigenvalue weighted by Gasteiger charge is 2.21.